The van der Waals surface area contributed by atoms with Crippen molar-refractivity contribution in [3.05, 3.63) is 69.9 Å². The normalized spacial score (nSPS) is 12.1. The van der Waals surface area contributed by atoms with Crippen LogP contribution in [0.15, 0.2) is 54.6 Å². The van der Waals surface area contributed by atoms with Crippen LogP contribution >= 0.6 is 23.7 Å². The Bertz CT molecular complexity index is 720. The zero-order valence-electron chi connectivity index (χ0n) is 12.1. The highest BCUT2D eigenvalue weighted by Gasteiger charge is 2.12. The molecule has 0 aliphatic carbocycles. The van der Waals surface area contributed by atoms with Gasteiger partial charge in [-0.3, -0.25) is 0 Å². The van der Waals surface area contributed by atoms with Crippen molar-refractivity contribution in [3.8, 4) is 0 Å². The lowest BCUT2D eigenvalue weighted by Gasteiger charge is -2.15. The first-order valence-corrected chi connectivity index (χ1v) is 7.82. The van der Waals surface area contributed by atoms with E-state index < -0.39 is 0 Å². The lowest BCUT2D eigenvalue weighted by atomic mass is 9.93. The largest absolute Gasteiger partial charge is 0.330 e. The monoisotopic (exact) mass is 317 g/mol. The standard InChI is InChI=1S/C18H19NS.ClH/c1-13-6-9-18(20-13)11-17(12-19)16-8-7-14-4-2-3-5-15(14)10-16;/h2-10,17H,11-12,19H2,1H3;1H. The van der Waals surface area contributed by atoms with Crippen LogP contribution in [-0.2, 0) is 6.42 Å². The highest BCUT2D eigenvalue weighted by molar-refractivity contribution is 7.11. The maximum absolute atomic E-state index is 6.01. The second kappa shape index (κ2) is 7.08. The zero-order valence-corrected chi connectivity index (χ0v) is 13.7. The zero-order chi connectivity index (χ0) is 13.9. The predicted octanol–water partition coefficient (Wildman–Crippen LogP) is 4.92. The minimum absolute atomic E-state index is 0. The molecule has 0 saturated heterocycles. The van der Waals surface area contributed by atoms with Crippen LogP contribution in [0.5, 0.6) is 0 Å². The summed E-state index contributed by atoms with van der Waals surface area (Å²) >= 11 is 1.87. The molecule has 0 bridgehead atoms. The second-order valence-electron chi connectivity index (χ2n) is 5.26. The SMILES string of the molecule is Cc1ccc(CC(CN)c2ccc3ccccc3c2)s1.Cl. The molecule has 2 N–H and O–H groups in total. The molecule has 1 nitrogen and oxygen atoms in total. The Morgan fingerprint density at radius 1 is 1.00 bits per heavy atom. The summed E-state index contributed by atoms with van der Waals surface area (Å²) in [6.45, 7) is 2.84. The third-order valence-electron chi connectivity index (χ3n) is 3.77. The van der Waals surface area contributed by atoms with E-state index in [9.17, 15) is 0 Å². The Morgan fingerprint density at radius 2 is 1.76 bits per heavy atom. The maximum Gasteiger partial charge on any atom is 0.00546 e. The van der Waals surface area contributed by atoms with Gasteiger partial charge in [0.05, 0.1) is 0 Å². The fourth-order valence-corrected chi connectivity index (χ4v) is 3.61. The van der Waals surface area contributed by atoms with Crippen LogP contribution in [0, 0.1) is 6.92 Å². The number of fused-ring (bicyclic) bond motifs is 1. The minimum Gasteiger partial charge on any atom is -0.330 e. The van der Waals surface area contributed by atoms with Gasteiger partial charge >= 0.3 is 0 Å². The molecule has 1 atom stereocenters. The van der Waals surface area contributed by atoms with Crippen LogP contribution in [0.1, 0.15) is 21.2 Å². The number of rotatable bonds is 4. The van der Waals surface area contributed by atoms with E-state index in [0.717, 1.165) is 6.42 Å². The topological polar surface area (TPSA) is 26.0 Å². The Balaban J connectivity index is 0.00000161. The van der Waals surface area contributed by atoms with Crippen molar-refractivity contribution in [2.45, 2.75) is 19.3 Å². The van der Waals surface area contributed by atoms with Crippen LogP contribution in [0.4, 0.5) is 0 Å². The molecule has 0 aliphatic heterocycles. The average molecular weight is 318 g/mol. The maximum atomic E-state index is 6.01. The quantitative estimate of drug-likeness (QED) is 0.726. The van der Waals surface area contributed by atoms with Crippen LogP contribution < -0.4 is 5.73 Å². The first-order valence-electron chi connectivity index (χ1n) is 7.00. The highest BCUT2D eigenvalue weighted by atomic mass is 35.5. The molecule has 1 heterocycles. The molecule has 3 aromatic rings. The van der Waals surface area contributed by atoms with Gasteiger partial charge in [-0.25, -0.2) is 0 Å². The molecule has 0 aliphatic rings. The summed E-state index contributed by atoms with van der Waals surface area (Å²) < 4.78 is 0. The molecule has 2 aromatic carbocycles. The van der Waals surface area contributed by atoms with Crippen molar-refractivity contribution < 1.29 is 0 Å². The summed E-state index contributed by atoms with van der Waals surface area (Å²) in [4.78, 5) is 2.79. The van der Waals surface area contributed by atoms with Crippen LogP contribution in [0.2, 0.25) is 0 Å². The number of nitrogens with two attached hydrogens (primary N) is 1. The van der Waals surface area contributed by atoms with Gasteiger partial charge in [0, 0.05) is 15.7 Å². The second-order valence-corrected chi connectivity index (χ2v) is 6.63. The van der Waals surface area contributed by atoms with E-state index in [4.69, 9.17) is 5.73 Å². The summed E-state index contributed by atoms with van der Waals surface area (Å²) in [7, 11) is 0. The number of benzene rings is 2. The number of aryl methyl sites for hydroxylation is 1. The van der Waals surface area contributed by atoms with Gasteiger partial charge in [0.25, 0.3) is 0 Å². The first kappa shape index (κ1) is 16.0. The van der Waals surface area contributed by atoms with Gasteiger partial charge in [-0.05, 0) is 48.4 Å². The van der Waals surface area contributed by atoms with Gasteiger partial charge < -0.3 is 5.73 Å². The highest BCUT2D eigenvalue weighted by Crippen LogP contribution is 2.27. The minimum atomic E-state index is 0. The number of hydrogen-bond donors (Lipinski definition) is 1. The summed E-state index contributed by atoms with van der Waals surface area (Å²) in [5, 5.41) is 2.59. The molecule has 0 saturated carbocycles. The molecule has 0 amide bonds. The molecule has 0 spiro atoms. The third kappa shape index (κ3) is 3.65. The Morgan fingerprint density at radius 3 is 2.43 bits per heavy atom. The summed E-state index contributed by atoms with van der Waals surface area (Å²) in [6.07, 6.45) is 1.04. The molecule has 1 unspecified atom stereocenters. The summed E-state index contributed by atoms with van der Waals surface area (Å²) in [5.41, 5.74) is 7.35. The van der Waals surface area contributed by atoms with E-state index in [-0.39, 0.29) is 12.4 Å². The molecule has 21 heavy (non-hydrogen) atoms. The van der Waals surface area contributed by atoms with E-state index in [1.165, 1.54) is 26.1 Å². The molecule has 3 heteroatoms. The molecule has 110 valence electrons. The van der Waals surface area contributed by atoms with Gasteiger partial charge in [0.2, 0.25) is 0 Å². The van der Waals surface area contributed by atoms with Gasteiger partial charge in [0.1, 0.15) is 0 Å². The summed E-state index contributed by atoms with van der Waals surface area (Å²) in [6, 6.07) is 19.6. The smallest absolute Gasteiger partial charge is 0.00546 e. The molecule has 0 fully saturated rings. The van der Waals surface area contributed by atoms with E-state index in [0.29, 0.717) is 12.5 Å². The molecular formula is C18H20ClNS. The van der Waals surface area contributed by atoms with E-state index >= 15 is 0 Å². The van der Waals surface area contributed by atoms with Crippen molar-refractivity contribution in [1.82, 2.24) is 0 Å². The van der Waals surface area contributed by atoms with Crippen molar-refractivity contribution in [3.63, 3.8) is 0 Å². The van der Waals surface area contributed by atoms with Crippen LogP contribution in [-0.4, -0.2) is 6.54 Å². The first-order chi connectivity index (χ1) is 9.76. The van der Waals surface area contributed by atoms with E-state index in [2.05, 4.69) is 61.5 Å². The van der Waals surface area contributed by atoms with Crippen molar-refractivity contribution in [2.24, 2.45) is 5.73 Å². The van der Waals surface area contributed by atoms with Crippen molar-refractivity contribution >= 4 is 34.5 Å². The fourth-order valence-electron chi connectivity index (χ4n) is 2.64. The average Bonchev–Trinajstić information content (AvgIpc) is 2.89. The number of thiophene rings is 1. The lowest BCUT2D eigenvalue weighted by Crippen LogP contribution is -2.14. The molecule has 1 aromatic heterocycles. The third-order valence-corrected chi connectivity index (χ3v) is 4.80. The van der Waals surface area contributed by atoms with E-state index in [1.54, 1.807) is 0 Å². The number of halogens is 1. The molecule has 3 rings (SSSR count). The summed E-state index contributed by atoms with van der Waals surface area (Å²) in [5.74, 6) is 0.401. The number of hydrogen-bond acceptors (Lipinski definition) is 2. The van der Waals surface area contributed by atoms with Gasteiger partial charge in [-0.15, -0.1) is 23.7 Å². The van der Waals surface area contributed by atoms with Gasteiger partial charge in [-0.1, -0.05) is 42.5 Å². The van der Waals surface area contributed by atoms with E-state index in [1.807, 2.05) is 11.3 Å². The van der Waals surface area contributed by atoms with Crippen LogP contribution in [0.25, 0.3) is 10.8 Å². The Hall–Kier alpha value is -1.35. The van der Waals surface area contributed by atoms with Crippen molar-refractivity contribution in [2.75, 3.05) is 6.54 Å². The Labute approximate surface area is 136 Å². The van der Waals surface area contributed by atoms with Crippen molar-refractivity contribution in [1.29, 1.82) is 0 Å². The fraction of sp³-hybridized carbons (Fsp3) is 0.222. The van der Waals surface area contributed by atoms with Gasteiger partial charge in [-0.2, -0.15) is 0 Å². The van der Waals surface area contributed by atoms with Crippen LogP contribution in [0.3, 0.4) is 0 Å². The lowest BCUT2D eigenvalue weighted by molar-refractivity contribution is 0.702. The Kier molecular flexibility index (Phi) is 5.40. The predicted molar refractivity (Wildman–Crippen MR) is 95.8 cm³/mol. The van der Waals surface area contributed by atoms with Gasteiger partial charge in [0.15, 0.2) is 0 Å². The molecule has 0 radical (unpaired) electrons. The molecular weight excluding hydrogens is 298 g/mol.